The Morgan fingerprint density at radius 3 is 2.56 bits per heavy atom. The van der Waals surface area contributed by atoms with E-state index in [-0.39, 0.29) is 0 Å². The molecule has 0 radical (unpaired) electrons. The molecule has 94 valence electrons. The molecule has 0 heterocycles. The third kappa shape index (κ3) is 2.88. The molecule has 0 aliphatic rings. The summed E-state index contributed by atoms with van der Waals surface area (Å²) in [5.41, 5.74) is 3.83. The number of rotatable bonds is 4. The molecule has 2 aromatic carbocycles. The van der Waals surface area contributed by atoms with Crippen LogP contribution < -0.4 is 4.74 Å². The van der Waals surface area contributed by atoms with Crippen molar-refractivity contribution in [1.82, 2.24) is 0 Å². The van der Waals surface area contributed by atoms with Gasteiger partial charge in [-0.2, -0.15) is 0 Å². The first-order valence-electron chi connectivity index (χ1n) is 6.15. The molecule has 0 saturated heterocycles. The van der Waals surface area contributed by atoms with Crippen LogP contribution in [0.5, 0.6) is 5.75 Å². The lowest BCUT2D eigenvalue weighted by Gasteiger charge is -2.13. The molecule has 0 amide bonds. The van der Waals surface area contributed by atoms with Gasteiger partial charge in [-0.3, -0.25) is 0 Å². The van der Waals surface area contributed by atoms with E-state index in [9.17, 15) is 0 Å². The molecule has 0 aliphatic heterocycles. The Kier molecular flexibility index (Phi) is 4.32. The molecule has 2 aromatic rings. The molecular formula is C16H18OS. The second-order valence-corrected chi connectivity index (χ2v) is 4.80. The summed E-state index contributed by atoms with van der Waals surface area (Å²) in [6, 6.07) is 16.7. The summed E-state index contributed by atoms with van der Waals surface area (Å²) in [7, 11) is 0. The summed E-state index contributed by atoms with van der Waals surface area (Å²) in [5.74, 6) is 1.77. The van der Waals surface area contributed by atoms with Crippen LogP contribution in [0, 0.1) is 0 Å². The quantitative estimate of drug-likeness (QED) is 0.615. The molecule has 0 aliphatic carbocycles. The van der Waals surface area contributed by atoms with Crippen molar-refractivity contribution in [3.05, 3.63) is 54.1 Å². The van der Waals surface area contributed by atoms with Gasteiger partial charge in [0.25, 0.3) is 0 Å². The van der Waals surface area contributed by atoms with Crippen LogP contribution in [0.15, 0.2) is 48.5 Å². The molecule has 0 N–H and O–H groups in total. The number of hydrogen-bond donors (Lipinski definition) is 1. The first-order valence-corrected chi connectivity index (χ1v) is 6.78. The molecule has 0 spiro atoms. The van der Waals surface area contributed by atoms with Gasteiger partial charge in [0.15, 0.2) is 0 Å². The summed E-state index contributed by atoms with van der Waals surface area (Å²) in [4.78, 5) is 0. The molecule has 0 aromatic heterocycles. The Bertz CT molecular complexity index is 520. The van der Waals surface area contributed by atoms with Crippen LogP contribution in [0.25, 0.3) is 11.1 Å². The fourth-order valence-corrected chi connectivity index (χ4v) is 2.24. The van der Waals surface area contributed by atoms with E-state index in [1.165, 1.54) is 16.7 Å². The van der Waals surface area contributed by atoms with Crippen molar-refractivity contribution in [2.24, 2.45) is 0 Å². The maximum Gasteiger partial charge on any atom is 0.131 e. The van der Waals surface area contributed by atoms with Gasteiger partial charge in [0.05, 0.1) is 0 Å². The van der Waals surface area contributed by atoms with Crippen molar-refractivity contribution in [1.29, 1.82) is 0 Å². The average molecular weight is 258 g/mol. The molecule has 18 heavy (non-hydrogen) atoms. The molecule has 0 bridgehead atoms. The molecule has 2 heteroatoms. The zero-order chi connectivity index (χ0) is 13.0. The third-order valence-electron chi connectivity index (χ3n) is 2.96. The maximum absolute atomic E-state index is 5.43. The van der Waals surface area contributed by atoms with E-state index >= 15 is 0 Å². The smallest absolute Gasteiger partial charge is 0.131 e. The largest absolute Gasteiger partial charge is 0.483 e. The molecule has 0 fully saturated rings. The Labute approximate surface area is 114 Å². The monoisotopic (exact) mass is 258 g/mol. The summed E-state index contributed by atoms with van der Waals surface area (Å²) >= 11 is 4.08. The van der Waals surface area contributed by atoms with Crippen LogP contribution in [0.4, 0.5) is 0 Å². The minimum atomic E-state index is 0.398. The van der Waals surface area contributed by atoms with Crippen LogP contribution in [0.3, 0.4) is 0 Å². The van der Waals surface area contributed by atoms with Crippen LogP contribution in [-0.2, 0) is 0 Å². The van der Waals surface area contributed by atoms with Crippen molar-refractivity contribution in [2.75, 3.05) is 5.94 Å². The van der Waals surface area contributed by atoms with Crippen molar-refractivity contribution in [3.8, 4) is 16.9 Å². The van der Waals surface area contributed by atoms with Crippen LogP contribution in [0.2, 0.25) is 0 Å². The third-order valence-corrected chi connectivity index (χ3v) is 3.09. The fraction of sp³-hybridized carbons (Fsp3) is 0.250. The number of thiol groups is 1. The van der Waals surface area contributed by atoms with Gasteiger partial charge in [0.1, 0.15) is 11.7 Å². The summed E-state index contributed by atoms with van der Waals surface area (Å²) in [5, 5.41) is 0. The topological polar surface area (TPSA) is 9.23 Å². The van der Waals surface area contributed by atoms with E-state index in [0.717, 1.165) is 5.75 Å². The van der Waals surface area contributed by atoms with Gasteiger partial charge in [-0.15, -0.1) is 12.6 Å². The summed E-state index contributed by atoms with van der Waals surface area (Å²) in [6.45, 7) is 4.43. The maximum atomic E-state index is 5.43. The molecule has 2 rings (SSSR count). The van der Waals surface area contributed by atoms with Crippen molar-refractivity contribution in [3.63, 3.8) is 0 Å². The highest BCUT2D eigenvalue weighted by atomic mass is 32.1. The summed E-state index contributed by atoms with van der Waals surface area (Å²) < 4.78 is 5.43. The summed E-state index contributed by atoms with van der Waals surface area (Å²) in [6.07, 6.45) is 0. The van der Waals surface area contributed by atoms with E-state index in [1.54, 1.807) is 0 Å². The van der Waals surface area contributed by atoms with Gasteiger partial charge in [-0.25, -0.2) is 0 Å². The highest BCUT2D eigenvalue weighted by molar-refractivity contribution is 7.80. The Morgan fingerprint density at radius 2 is 1.83 bits per heavy atom. The van der Waals surface area contributed by atoms with E-state index in [2.05, 4.69) is 62.9 Å². The van der Waals surface area contributed by atoms with Crippen LogP contribution >= 0.6 is 12.6 Å². The molecule has 0 saturated carbocycles. The van der Waals surface area contributed by atoms with E-state index in [1.807, 2.05) is 12.1 Å². The molecular weight excluding hydrogens is 240 g/mol. The lowest BCUT2D eigenvalue weighted by atomic mass is 9.93. The minimum Gasteiger partial charge on any atom is -0.483 e. The van der Waals surface area contributed by atoms with E-state index in [0.29, 0.717) is 11.9 Å². The van der Waals surface area contributed by atoms with Gasteiger partial charge in [0, 0.05) is 0 Å². The zero-order valence-corrected chi connectivity index (χ0v) is 11.7. The molecule has 0 atom stereocenters. The Hall–Kier alpha value is -1.41. The second-order valence-electron chi connectivity index (χ2n) is 4.54. The standard InChI is InChI=1S/C16H18OS/c1-12(2)15-8-3-4-9-16(15)13-6-5-7-14(10-13)17-11-18/h3-10,12,18H,11H2,1-2H3. The first kappa shape index (κ1) is 13.0. The SMILES string of the molecule is CC(C)c1ccccc1-c1cccc(OCS)c1. The highest BCUT2D eigenvalue weighted by Gasteiger charge is 2.08. The predicted octanol–water partition coefficient (Wildman–Crippen LogP) is 4.74. The highest BCUT2D eigenvalue weighted by Crippen LogP contribution is 2.30. The van der Waals surface area contributed by atoms with Gasteiger partial charge in [0.2, 0.25) is 0 Å². The van der Waals surface area contributed by atoms with E-state index in [4.69, 9.17) is 4.74 Å². The molecule has 1 nitrogen and oxygen atoms in total. The lowest BCUT2D eigenvalue weighted by Crippen LogP contribution is -1.93. The van der Waals surface area contributed by atoms with Crippen molar-refractivity contribution < 1.29 is 4.74 Å². The van der Waals surface area contributed by atoms with E-state index < -0.39 is 0 Å². The fourth-order valence-electron chi connectivity index (χ4n) is 2.09. The van der Waals surface area contributed by atoms with Gasteiger partial charge in [-0.1, -0.05) is 50.2 Å². The zero-order valence-electron chi connectivity index (χ0n) is 10.8. The molecule has 0 unspecified atom stereocenters. The number of hydrogen-bond acceptors (Lipinski definition) is 2. The van der Waals surface area contributed by atoms with Crippen molar-refractivity contribution >= 4 is 12.6 Å². The second kappa shape index (κ2) is 5.96. The average Bonchev–Trinajstić information content (AvgIpc) is 2.39. The Balaban J connectivity index is 2.45. The van der Waals surface area contributed by atoms with Gasteiger partial charge >= 0.3 is 0 Å². The van der Waals surface area contributed by atoms with Gasteiger partial charge in [-0.05, 0) is 34.7 Å². The first-order chi connectivity index (χ1) is 8.72. The van der Waals surface area contributed by atoms with Gasteiger partial charge < -0.3 is 4.74 Å². The Morgan fingerprint density at radius 1 is 1.06 bits per heavy atom. The van der Waals surface area contributed by atoms with Crippen LogP contribution in [0.1, 0.15) is 25.3 Å². The van der Waals surface area contributed by atoms with Crippen LogP contribution in [-0.4, -0.2) is 5.94 Å². The lowest BCUT2D eigenvalue weighted by molar-refractivity contribution is 0.395. The predicted molar refractivity (Wildman–Crippen MR) is 80.4 cm³/mol. The van der Waals surface area contributed by atoms with Crippen molar-refractivity contribution in [2.45, 2.75) is 19.8 Å². The minimum absolute atomic E-state index is 0.398. The normalized spacial score (nSPS) is 10.7. The number of benzene rings is 2. The number of ether oxygens (including phenoxy) is 1.